The minimum Gasteiger partial charge on any atom is -0.508 e. The largest absolute Gasteiger partial charge is 0.508 e. The van der Waals surface area contributed by atoms with Gasteiger partial charge in [0.2, 0.25) is 0 Å². The van der Waals surface area contributed by atoms with E-state index in [-0.39, 0.29) is 29.5 Å². The smallest absolute Gasteiger partial charge is 0.309 e. The van der Waals surface area contributed by atoms with E-state index in [0.29, 0.717) is 5.56 Å². The van der Waals surface area contributed by atoms with Crippen molar-refractivity contribution < 1.29 is 14.6 Å². The summed E-state index contributed by atoms with van der Waals surface area (Å²) < 4.78 is 4.95. The maximum Gasteiger partial charge on any atom is 0.309 e. The lowest BCUT2D eigenvalue weighted by atomic mass is 10.0. The number of esters is 1. The van der Waals surface area contributed by atoms with Crippen LogP contribution in [0.3, 0.4) is 0 Å². The molecule has 1 saturated carbocycles. The van der Waals surface area contributed by atoms with Gasteiger partial charge in [-0.1, -0.05) is 61.2 Å². The molecule has 1 fully saturated rings. The molecule has 3 nitrogen and oxygen atoms in total. The molecule has 2 aromatic rings. The molecule has 112 valence electrons. The molecule has 3 rings (SSSR count). The molecular weight excluding hydrogens is 276 g/mol. The topological polar surface area (TPSA) is 46.5 Å². The molecule has 0 saturated heterocycles. The molecule has 1 aliphatic rings. The van der Waals surface area contributed by atoms with Gasteiger partial charge in [0.25, 0.3) is 0 Å². The van der Waals surface area contributed by atoms with E-state index in [2.05, 4.69) is 6.58 Å². The number of hydrogen-bond acceptors (Lipinski definition) is 3. The lowest BCUT2D eigenvalue weighted by molar-refractivity contribution is -0.142. The monoisotopic (exact) mass is 294 g/mol. The molecule has 0 aromatic heterocycles. The first-order chi connectivity index (χ1) is 10.6. The summed E-state index contributed by atoms with van der Waals surface area (Å²) in [6.45, 7) is 3.52. The number of aliphatic hydroxyl groups is 1. The molecular formula is C19H18O3. The third-order valence-corrected chi connectivity index (χ3v) is 4.31. The van der Waals surface area contributed by atoms with Crippen molar-refractivity contribution in [2.75, 3.05) is 7.11 Å². The Bertz CT molecular complexity index is 688. The Morgan fingerprint density at radius 3 is 2.05 bits per heavy atom. The summed E-state index contributed by atoms with van der Waals surface area (Å²) in [5.74, 6) is 0.00392. The summed E-state index contributed by atoms with van der Waals surface area (Å²) in [4.78, 5) is 12.0. The van der Waals surface area contributed by atoms with Gasteiger partial charge < -0.3 is 9.84 Å². The van der Waals surface area contributed by atoms with Crippen molar-refractivity contribution >= 4 is 11.7 Å². The van der Waals surface area contributed by atoms with Crippen LogP contribution < -0.4 is 0 Å². The fraction of sp³-hybridized carbons (Fsp3) is 0.211. The van der Waals surface area contributed by atoms with Crippen LogP contribution >= 0.6 is 0 Å². The van der Waals surface area contributed by atoms with Crippen LogP contribution in [0.5, 0.6) is 0 Å². The van der Waals surface area contributed by atoms with Crippen molar-refractivity contribution in [2.45, 2.75) is 11.8 Å². The van der Waals surface area contributed by atoms with Gasteiger partial charge in [0, 0.05) is 17.4 Å². The number of hydrogen-bond donors (Lipinski definition) is 1. The number of benzene rings is 2. The van der Waals surface area contributed by atoms with Crippen LogP contribution in [0.15, 0.2) is 61.2 Å². The van der Waals surface area contributed by atoms with E-state index in [9.17, 15) is 9.90 Å². The van der Waals surface area contributed by atoms with Crippen molar-refractivity contribution in [3.8, 4) is 0 Å². The summed E-state index contributed by atoms with van der Waals surface area (Å²) in [5, 5.41) is 9.41. The lowest BCUT2D eigenvalue weighted by Crippen LogP contribution is -2.05. The van der Waals surface area contributed by atoms with Crippen LogP contribution in [-0.4, -0.2) is 18.2 Å². The zero-order valence-electron chi connectivity index (χ0n) is 12.4. The fourth-order valence-corrected chi connectivity index (χ4v) is 3.14. The highest BCUT2D eigenvalue weighted by Gasteiger charge is 2.56. The molecule has 0 amide bonds. The summed E-state index contributed by atoms with van der Waals surface area (Å²) in [5.41, 5.74) is 2.92. The number of carbonyl (C=O) groups excluding carboxylic acids is 1. The third-order valence-electron chi connectivity index (χ3n) is 4.31. The van der Waals surface area contributed by atoms with Crippen LogP contribution in [0, 0.1) is 5.92 Å². The van der Waals surface area contributed by atoms with Crippen LogP contribution in [0.25, 0.3) is 5.76 Å². The highest BCUT2D eigenvalue weighted by atomic mass is 16.5. The Hall–Kier alpha value is -2.55. The summed E-state index contributed by atoms with van der Waals surface area (Å²) in [6, 6.07) is 17.6. The number of carbonyl (C=O) groups is 1. The molecule has 0 bridgehead atoms. The predicted octanol–water partition coefficient (Wildman–Crippen LogP) is 3.89. The second kappa shape index (κ2) is 5.68. The first-order valence-electron chi connectivity index (χ1n) is 7.24. The Morgan fingerprint density at radius 2 is 1.55 bits per heavy atom. The molecule has 3 atom stereocenters. The van der Waals surface area contributed by atoms with Gasteiger partial charge in [0.05, 0.1) is 13.0 Å². The molecule has 3 heteroatoms. The number of ether oxygens (including phenoxy) is 1. The van der Waals surface area contributed by atoms with E-state index >= 15 is 0 Å². The lowest BCUT2D eigenvalue weighted by Gasteiger charge is -2.03. The van der Waals surface area contributed by atoms with Crippen molar-refractivity contribution in [3.05, 3.63) is 77.9 Å². The van der Waals surface area contributed by atoms with E-state index in [1.54, 1.807) is 0 Å². The van der Waals surface area contributed by atoms with Gasteiger partial charge in [0.15, 0.2) is 0 Å². The van der Waals surface area contributed by atoms with Crippen LogP contribution in [0.4, 0.5) is 0 Å². The summed E-state index contributed by atoms with van der Waals surface area (Å²) >= 11 is 0. The zero-order chi connectivity index (χ0) is 15.7. The molecule has 0 radical (unpaired) electrons. The van der Waals surface area contributed by atoms with Crippen molar-refractivity contribution in [3.63, 3.8) is 0 Å². The third kappa shape index (κ3) is 2.50. The van der Waals surface area contributed by atoms with E-state index in [4.69, 9.17) is 4.74 Å². The second-order valence-electron chi connectivity index (χ2n) is 5.58. The highest BCUT2D eigenvalue weighted by Crippen LogP contribution is 2.60. The minimum absolute atomic E-state index is 0.0477. The standard InChI is InChI=1S/C19H18O3/c1-12(20)13-8-10-15(11-9-13)17-16(18(17)19(21)22-2)14-6-4-3-5-7-14/h3-11,16-18,20H,1H2,2H3/t16-,17-,18-/m1/s1. The molecule has 22 heavy (non-hydrogen) atoms. The second-order valence-corrected chi connectivity index (χ2v) is 5.58. The average molecular weight is 294 g/mol. The van der Waals surface area contributed by atoms with Crippen molar-refractivity contribution in [1.82, 2.24) is 0 Å². The van der Waals surface area contributed by atoms with Gasteiger partial charge in [-0.15, -0.1) is 0 Å². The first kappa shape index (κ1) is 14.4. The number of rotatable bonds is 4. The van der Waals surface area contributed by atoms with Crippen molar-refractivity contribution in [1.29, 1.82) is 0 Å². The minimum atomic E-state index is -0.172. The summed E-state index contributed by atoms with van der Waals surface area (Å²) in [6.07, 6.45) is 0. The van der Waals surface area contributed by atoms with Gasteiger partial charge in [-0.25, -0.2) is 0 Å². The maximum absolute atomic E-state index is 12.0. The Kier molecular flexibility index (Phi) is 3.72. The van der Waals surface area contributed by atoms with Gasteiger partial charge in [-0.3, -0.25) is 4.79 Å². The molecule has 2 aromatic carbocycles. The van der Waals surface area contributed by atoms with Crippen LogP contribution in [0.2, 0.25) is 0 Å². The number of aliphatic hydroxyl groups excluding tert-OH is 1. The maximum atomic E-state index is 12.0. The highest BCUT2D eigenvalue weighted by molar-refractivity contribution is 5.80. The summed E-state index contributed by atoms with van der Waals surface area (Å²) in [7, 11) is 1.43. The Morgan fingerprint density at radius 1 is 1.00 bits per heavy atom. The first-order valence-corrected chi connectivity index (χ1v) is 7.24. The number of methoxy groups -OCH3 is 1. The normalized spacial score (nSPS) is 22.9. The predicted molar refractivity (Wildman–Crippen MR) is 85.5 cm³/mol. The van der Waals surface area contributed by atoms with Crippen molar-refractivity contribution in [2.24, 2.45) is 5.92 Å². The Labute approximate surface area is 129 Å². The van der Waals surface area contributed by atoms with E-state index in [1.165, 1.54) is 7.11 Å². The molecule has 0 aliphatic heterocycles. The molecule has 1 aliphatic carbocycles. The molecule has 1 N–H and O–H groups in total. The van der Waals surface area contributed by atoms with Crippen LogP contribution in [-0.2, 0) is 9.53 Å². The van der Waals surface area contributed by atoms with Gasteiger partial charge in [-0.05, 0) is 11.1 Å². The van der Waals surface area contributed by atoms with Crippen LogP contribution in [0.1, 0.15) is 28.5 Å². The van der Waals surface area contributed by atoms with Gasteiger partial charge in [0.1, 0.15) is 5.76 Å². The van der Waals surface area contributed by atoms with E-state index in [0.717, 1.165) is 11.1 Å². The SMILES string of the molecule is C=C(O)c1ccc([C@H]2[C@H](C(=O)OC)[C@@H]2c2ccccc2)cc1. The molecule has 0 heterocycles. The zero-order valence-corrected chi connectivity index (χ0v) is 12.4. The average Bonchev–Trinajstić information content (AvgIpc) is 3.30. The molecule has 0 spiro atoms. The molecule has 0 unspecified atom stereocenters. The fourth-order valence-electron chi connectivity index (χ4n) is 3.14. The van der Waals surface area contributed by atoms with E-state index < -0.39 is 0 Å². The van der Waals surface area contributed by atoms with Gasteiger partial charge >= 0.3 is 5.97 Å². The van der Waals surface area contributed by atoms with Gasteiger partial charge in [-0.2, -0.15) is 0 Å². The quantitative estimate of drug-likeness (QED) is 0.687. The Balaban J connectivity index is 1.90. The van der Waals surface area contributed by atoms with E-state index in [1.807, 2.05) is 54.6 Å².